The van der Waals surface area contributed by atoms with Crippen molar-refractivity contribution in [3.05, 3.63) is 24.3 Å². The third kappa shape index (κ3) is 32.0. The highest BCUT2D eigenvalue weighted by molar-refractivity contribution is 5.70. The van der Waals surface area contributed by atoms with E-state index in [1.807, 2.05) is 0 Å². The van der Waals surface area contributed by atoms with Crippen molar-refractivity contribution in [2.45, 2.75) is 155 Å². The quantitative estimate of drug-likeness (QED) is 0.0450. The lowest BCUT2D eigenvalue weighted by Gasteiger charge is -2.33. The van der Waals surface area contributed by atoms with Gasteiger partial charge in [0.05, 0.1) is 20.6 Å². The fourth-order valence-electron chi connectivity index (χ4n) is 5.03. The van der Waals surface area contributed by atoms with Crippen molar-refractivity contribution >= 4 is 11.9 Å². The molecule has 0 aromatic carbocycles. The molecule has 0 aliphatic rings. The third-order valence-electron chi connectivity index (χ3n) is 7.68. The highest BCUT2D eigenvalue weighted by atomic mass is 79.9. The molecule has 6 nitrogen and oxygen atoms in total. The van der Waals surface area contributed by atoms with Gasteiger partial charge in [-0.15, -0.1) is 0 Å². The Balaban J connectivity index is 0. The Morgan fingerprint density at radius 2 is 1.09 bits per heavy atom. The van der Waals surface area contributed by atoms with Crippen LogP contribution in [0.1, 0.15) is 149 Å². The van der Waals surface area contributed by atoms with E-state index in [1.165, 1.54) is 64.2 Å². The number of ether oxygens (including phenoxy) is 2. The molecule has 0 spiro atoms. The molecular formula is C36H69BrN2O4. The zero-order valence-electron chi connectivity index (χ0n) is 28.6. The van der Waals surface area contributed by atoms with Gasteiger partial charge in [0, 0.05) is 19.3 Å². The van der Waals surface area contributed by atoms with Gasteiger partial charge in [0.15, 0.2) is 6.10 Å². The number of carbonyl (C=O) groups excluding carboxylic acids is 2. The Hall–Kier alpha value is -1.18. The zero-order chi connectivity index (χ0) is 31.2. The zero-order valence-corrected chi connectivity index (χ0v) is 30.2. The number of nitrogens with two attached hydrogens (primary N) is 1. The summed E-state index contributed by atoms with van der Waals surface area (Å²) in [6.45, 7) is 6.71. The first kappa shape index (κ1) is 43.9. The van der Waals surface area contributed by atoms with Crippen molar-refractivity contribution in [1.82, 2.24) is 0 Å². The minimum absolute atomic E-state index is 0. The van der Waals surface area contributed by atoms with Gasteiger partial charge in [-0.05, 0) is 57.9 Å². The second kappa shape index (κ2) is 32.2. The Bertz CT molecular complexity index is 697. The number of carbonyl (C=O) groups is 2. The molecule has 1 unspecified atom stereocenters. The third-order valence-corrected chi connectivity index (χ3v) is 7.68. The van der Waals surface area contributed by atoms with Gasteiger partial charge < -0.3 is 36.7 Å². The first-order valence-electron chi connectivity index (χ1n) is 17.5. The Morgan fingerprint density at radius 1 is 0.651 bits per heavy atom. The molecule has 0 aliphatic carbocycles. The highest BCUT2D eigenvalue weighted by Gasteiger charge is 2.26. The maximum Gasteiger partial charge on any atom is 0.306 e. The topological polar surface area (TPSA) is 78.6 Å². The number of unbranched alkanes of at least 4 members (excludes halogenated alkanes) is 14. The van der Waals surface area contributed by atoms with Crippen LogP contribution in [0.3, 0.4) is 0 Å². The van der Waals surface area contributed by atoms with E-state index in [0.717, 1.165) is 64.3 Å². The van der Waals surface area contributed by atoms with E-state index in [9.17, 15) is 9.59 Å². The van der Waals surface area contributed by atoms with E-state index in [0.29, 0.717) is 30.4 Å². The van der Waals surface area contributed by atoms with E-state index in [1.54, 1.807) is 0 Å². The standard InChI is InChI=1S/C36H69N2O4.BrH/c1-5-7-9-11-13-15-17-19-21-23-25-28-35(39)41-33-34(32-38(3,4)31-27-30-37)42-36(40)29-26-24-22-20-18-16-14-12-10-8-6-2;/h11-14,34H,5-10,15-33,37H2,1-4H3;1H/q+1;/p-1. The monoisotopic (exact) mass is 672 g/mol. The molecule has 1 atom stereocenters. The summed E-state index contributed by atoms with van der Waals surface area (Å²) in [5.74, 6) is -0.378. The van der Waals surface area contributed by atoms with E-state index in [2.05, 4.69) is 52.2 Å². The van der Waals surface area contributed by atoms with Gasteiger partial charge >= 0.3 is 11.9 Å². The molecule has 0 saturated heterocycles. The van der Waals surface area contributed by atoms with Gasteiger partial charge in [0.25, 0.3) is 0 Å². The van der Waals surface area contributed by atoms with Gasteiger partial charge in [0.2, 0.25) is 0 Å². The largest absolute Gasteiger partial charge is 1.00 e. The van der Waals surface area contributed by atoms with Crippen LogP contribution in [-0.2, 0) is 19.1 Å². The Kier molecular flexibility index (Phi) is 32.9. The van der Waals surface area contributed by atoms with Gasteiger partial charge in [-0.2, -0.15) is 0 Å². The molecule has 7 heteroatoms. The summed E-state index contributed by atoms with van der Waals surface area (Å²) in [6.07, 6.45) is 31.2. The highest BCUT2D eigenvalue weighted by Crippen LogP contribution is 2.13. The molecular weight excluding hydrogens is 604 g/mol. The molecule has 254 valence electrons. The summed E-state index contributed by atoms with van der Waals surface area (Å²) in [7, 11) is 4.22. The molecule has 0 aliphatic heterocycles. The van der Waals surface area contributed by atoms with E-state index in [4.69, 9.17) is 15.2 Å². The predicted octanol–water partition coefficient (Wildman–Crippen LogP) is 5.82. The maximum atomic E-state index is 12.6. The lowest BCUT2D eigenvalue weighted by molar-refractivity contribution is -0.893. The predicted molar refractivity (Wildman–Crippen MR) is 178 cm³/mol. The van der Waals surface area contributed by atoms with Crippen molar-refractivity contribution in [3.8, 4) is 0 Å². The lowest BCUT2D eigenvalue weighted by Crippen LogP contribution is -3.00. The minimum atomic E-state index is -0.431. The van der Waals surface area contributed by atoms with Gasteiger partial charge in [-0.3, -0.25) is 9.59 Å². The number of quaternary nitrogens is 1. The van der Waals surface area contributed by atoms with Crippen molar-refractivity contribution < 1.29 is 40.5 Å². The number of allylic oxidation sites excluding steroid dienone is 4. The van der Waals surface area contributed by atoms with Crippen LogP contribution in [0.25, 0.3) is 0 Å². The summed E-state index contributed by atoms with van der Waals surface area (Å²) in [6, 6.07) is 0. The molecule has 0 bridgehead atoms. The van der Waals surface area contributed by atoms with Crippen molar-refractivity contribution in [1.29, 1.82) is 0 Å². The van der Waals surface area contributed by atoms with Crippen LogP contribution in [-0.4, -0.2) is 62.9 Å². The van der Waals surface area contributed by atoms with Crippen LogP contribution in [0.4, 0.5) is 0 Å². The van der Waals surface area contributed by atoms with Crippen LogP contribution in [0.2, 0.25) is 0 Å². The van der Waals surface area contributed by atoms with Crippen LogP contribution >= 0.6 is 0 Å². The van der Waals surface area contributed by atoms with E-state index >= 15 is 0 Å². The van der Waals surface area contributed by atoms with Crippen molar-refractivity contribution in [2.75, 3.05) is 40.3 Å². The first-order chi connectivity index (χ1) is 20.3. The first-order valence-corrected chi connectivity index (χ1v) is 17.5. The fraction of sp³-hybridized carbons (Fsp3) is 0.833. The summed E-state index contributed by atoms with van der Waals surface area (Å²) >= 11 is 0. The number of likely N-dealkylation sites (N-methyl/N-ethyl adjacent to an activating group) is 1. The fourth-order valence-corrected chi connectivity index (χ4v) is 5.03. The average Bonchev–Trinajstić information content (AvgIpc) is 2.96. The molecule has 2 N–H and O–H groups in total. The normalized spacial score (nSPS) is 12.5. The molecule has 43 heavy (non-hydrogen) atoms. The number of nitrogens with zero attached hydrogens (tertiary/aromatic N) is 1. The molecule has 0 rings (SSSR count). The Morgan fingerprint density at radius 3 is 1.58 bits per heavy atom. The SMILES string of the molecule is CCCCC=CCCCCCCCC(=O)OCC(C[N+](C)(C)CCCN)OC(=O)CCCCCCCC=CCCCC.[Br-]. The van der Waals surface area contributed by atoms with Gasteiger partial charge in [-0.1, -0.05) is 102 Å². The summed E-state index contributed by atoms with van der Waals surface area (Å²) in [4.78, 5) is 25.1. The van der Waals surface area contributed by atoms with Crippen LogP contribution in [0.5, 0.6) is 0 Å². The molecule has 0 radical (unpaired) electrons. The van der Waals surface area contributed by atoms with E-state index < -0.39 is 6.10 Å². The van der Waals surface area contributed by atoms with Crippen LogP contribution in [0, 0.1) is 0 Å². The van der Waals surface area contributed by atoms with E-state index in [-0.39, 0.29) is 35.5 Å². The summed E-state index contributed by atoms with van der Waals surface area (Å²) < 4.78 is 12.1. The molecule has 0 aromatic heterocycles. The molecule has 0 amide bonds. The summed E-state index contributed by atoms with van der Waals surface area (Å²) in [5.41, 5.74) is 5.72. The number of hydrogen-bond donors (Lipinski definition) is 1. The second-order valence-corrected chi connectivity index (χ2v) is 12.6. The van der Waals surface area contributed by atoms with Crippen molar-refractivity contribution in [2.24, 2.45) is 5.73 Å². The number of halogens is 1. The molecule has 0 heterocycles. The molecule has 0 fully saturated rings. The van der Waals surface area contributed by atoms with Crippen LogP contribution < -0.4 is 22.7 Å². The average molecular weight is 674 g/mol. The molecule has 0 aromatic rings. The lowest BCUT2D eigenvalue weighted by atomic mass is 10.1. The Labute approximate surface area is 277 Å². The van der Waals surface area contributed by atoms with Crippen molar-refractivity contribution in [3.63, 3.8) is 0 Å². The maximum absolute atomic E-state index is 12.6. The van der Waals surface area contributed by atoms with Gasteiger partial charge in [0.1, 0.15) is 13.2 Å². The van der Waals surface area contributed by atoms with Gasteiger partial charge in [-0.25, -0.2) is 0 Å². The van der Waals surface area contributed by atoms with Crippen LogP contribution in [0.15, 0.2) is 24.3 Å². The second-order valence-electron chi connectivity index (χ2n) is 12.6. The molecule has 0 saturated carbocycles. The number of esters is 2. The smallest absolute Gasteiger partial charge is 0.306 e. The summed E-state index contributed by atoms with van der Waals surface area (Å²) in [5, 5.41) is 0. The number of hydrogen-bond acceptors (Lipinski definition) is 5. The number of rotatable bonds is 30. The minimum Gasteiger partial charge on any atom is -1.00 e.